The highest BCUT2D eigenvalue weighted by molar-refractivity contribution is 8.00. The van der Waals surface area contributed by atoms with Crippen molar-refractivity contribution in [3.05, 3.63) is 101 Å². The Kier molecular flexibility index (Phi) is 10.8. The van der Waals surface area contributed by atoms with Crippen LogP contribution in [-0.2, 0) is 10.3 Å². The first-order valence-corrected chi connectivity index (χ1v) is 13.6. The first-order chi connectivity index (χ1) is 18.8. The highest BCUT2D eigenvalue weighted by Gasteiger charge is 2.21. The molecule has 3 N–H and O–H groups in total. The van der Waals surface area contributed by atoms with Crippen molar-refractivity contribution in [2.24, 2.45) is 5.18 Å². The zero-order chi connectivity index (χ0) is 28.3. The third kappa shape index (κ3) is 8.48. The fourth-order valence-electron chi connectivity index (χ4n) is 3.71. The molecule has 0 bridgehead atoms. The van der Waals surface area contributed by atoms with Gasteiger partial charge in [-0.1, -0.05) is 53.7 Å². The lowest BCUT2D eigenvalue weighted by atomic mass is 9.92. The largest absolute Gasteiger partial charge is 0.496 e. The van der Waals surface area contributed by atoms with E-state index in [1.54, 1.807) is 20.1 Å². The van der Waals surface area contributed by atoms with E-state index < -0.39 is 5.54 Å². The lowest BCUT2D eigenvalue weighted by Crippen LogP contribution is -2.29. The average molecular weight is 545 g/mol. The van der Waals surface area contributed by atoms with Gasteiger partial charge in [0.25, 0.3) is 0 Å². The zero-order valence-electron chi connectivity index (χ0n) is 23.1. The van der Waals surface area contributed by atoms with Crippen molar-refractivity contribution < 1.29 is 9.53 Å². The second kappa shape index (κ2) is 14.2. The Morgan fingerprint density at radius 1 is 1.00 bits per heavy atom. The minimum Gasteiger partial charge on any atom is -0.496 e. The Morgan fingerprint density at radius 3 is 2.49 bits per heavy atom. The van der Waals surface area contributed by atoms with Gasteiger partial charge in [-0.15, -0.1) is 4.91 Å². The number of anilines is 2. The molecule has 0 fully saturated rings. The maximum Gasteiger partial charge on any atom is 0.246 e. The van der Waals surface area contributed by atoms with Gasteiger partial charge in [-0.3, -0.25) is 4.79 Å². The standard InChI is InChI=1S/C31H36N4O3S/c1-6-7-10-22(2)30(36)33-18-17-32-26-13-9-14-27(21-26)34-39-29-20-24(15-16-28(29)38-5)23-11-8-12-25(19-23)31(3,4)35-37/h6-16,19-21,32,34H,17-18H2,1-5H3,(H,33,36)/b7-6-,22-10+. The molecule has 0 spiro atoms. The second-order valence-corrected chi connectivity index (χ2v) is 10.3. The summed E-state index contributed by atoms with van der Waals surface area (Å²) in [5.41, 5.74) is 4.62. The van der Waals surface area contributed by atoms with Crippen LogP contribution in [0.5, 0.6) is 5.75 Å². The third-order valence-corrected chi connectivity index (χ3v) is 6.95. The smallest absolute Gasteiger partial charge is 0.246 e. The SMILES string of the molecule is C/C=C\C=C(/C)C(=O)NCCNc1cccc(NSc2cc(-c3cccc(C(C)(C)N=O)c3)ccc2OC)c1. The van der Waals surface area contributed by atoms with Crippen LogP contribution in [-0.4, -0.2) is 26.1 Å². The zero-order valence-corrected chi connectivity index (χ0v) is 23.9. The van der Waals surface area contributed by atoms with Crippen molar-refractivity contribution in [1.29, 1.82) is 0 Å². The minimum absolute atomic E-state index is 0.0752. The van der Waals surface area contributed by atoms with E-state index in [9.17, 15) is 9.70 Å². The molecule has 0 saturated heterocycles. The van der Waals surface area contributed by atoms with Crippen LogP contribution in [0.2, 0.25) is 0 Å². The van der Waals surface area contributed by atoms with Crippen molar-refractivity contribution >= 4 is 29.2 Å². The van der Waals surface area contributed by atoms with Crippen molar-refractivity contribution in [1.82, 2.24) is 5.32 Å². The molecule has 0 aliphatic carbocycles. The van der Waals surface area contributed by atoms with Crippen LogP contribution >= 0.6 is 11.9 Å². The highest BCUT2D eigenvalue weighted by atomic mass is 32.2. The van der Waals surface area contributed by atoms with Gasteiger partial charge >= 0.3 is 0 Å². The molecule has 0 heterocycles. The molecular formula is C31H36N4O3S. The maximum absolute atomic E-state index is 12.1. The summed E-state index contributed by atoms with van der Waals surface area (Å²) in [5, 5.41) is 9.53. The average Bonchev–Trinajstić information content (AvgIpc) is 2.97. The van der Waals surface area contributed by atoms with E-state index in [1.807, 2.05) is 93.6 Å². The molecule has 3 aromatic rings. The monoisotopic (exact) mass is 544 g/mol. The number of methoxy groups -OCH3 is 1. The lowest BCUT2D eigenvalue weighted by molar-refractivity contribution is -0.117. The second-order valence-electron chi connectivity index (χ2n) is 9.44. The van der Waals surface area contributed by atoms with E-state index in [-0.39, 0.29) is 5.91 Å². The number of allylic oxidation sites excluding steroid dienone is 3. The van der Waals surface area contributed by atoms with E-state index in [0.717, 1.165) is 38.7 Å². The first kappa shape index (κ1) is 29.5. The van der Waals surface area contributed by atoms with Crippen LogP contribution in [0.25, 0.3) is 11.1 Å². The highest BCUT2D eigenvalue weighted by Crippen LogP contribution is 2.36. The molecule has 7 nitrogen and oxygen atoms in total. The summed E-state index contributed by atoms with van der Waals surface area (Å²) in [6.07, 6.45) is 5.53. The molecule has 0 atom stereocenters. The van der Waals surface area contributed by atoms with Crippen molar-refractivity contribution in [2.75, 3.05) is 30.2 Å². The number of rotatable bonds is 13. The number of amides is 1. The van der Waals surface area contributed by atoms with E-state index in [2.05, 4.69) is 26.6 Å². The minimum atomic E-state index is -0.797. The van der Waals surface area contributed by atoms with Crippen LogP contribution in [0.1, 0.15) is 33.3 Å². The van der Waals surface area contributed by atoms with Crippen LogP contribution < -0.4 is 20.1 Å². The number of carbonyl (C=O) groups is 1. The predicted octanol–water partition coefficient (Wildman–Crippen LogP) is 7.53. The quantitative estimate of drug-likeness (QED) is 0.0677. The first-order valence-electron chi connectivity index (χ1n) is 12.8. The fourth-order valence-corrected chi connectivity index (χ4v) is 4.51. The summed E-state index contributed by atoms with van der Waals surface area (Å²) in [7, 11) is 1.65. The Morgan fingerprint density at radius 2 is 1.74 bits per heavy atom. The summed E-state index contributed by atoms with van der Waals surface area (Å²) in [4.78, 5) is 24.3. The fraction of sp³-hybridized carbons (Fsp3) is 0.258. The Bertz CT molecular complexity index is 1350. The van der Waals surface area contributed by atoms with Crippen LogP contribution in [0.15, 0.2) is 101 Å². The molecule has 8 heteroatoms. The number of nitrogens with zero attached hydrogens (tertiary/aromatic N) is 1. The number of hydrogen-bond acceptors (Lipinski definition) is 7. The molecule has 0 unspecified atom stereocenters. The van der Waals surface area contributed by atoms with Gasteiger partial charge in [0.15, 0.2) is 0 Å². The normalized spacial score (nSPS) is 11.8. The summed E-state index contributed by atoms with van der Waals surface area (Å²) in [6.45, 7) is 8.44. The number of carbonyl (C=O) groups excluding carboxylic acids is 1. The van der Waals surface area contributed by atoms with Gasteiger partial charge in [-0.2, -0.15) is 0 Å². The van der Waals surface area contributed by atoms with Gasteiger partial charge in [0, 0.05) is 30.0 Å². The van der Waals surface area contributed by atoms with Crippen LogP contribution in [0.3, 0.4) is 0 Å². The Hall–Kier alpha value is -4.04. The van der Waals surface area contributed by atoms with Crippen molar-refractivity contribution in [2.45, 2.75) is 38.1 Å². The van der Waals surface area contributed by atoms with Gasteiger partial charge < -0.3 is 20.1 Å². The molecule has 1 amide bonds. The number of nitrogens with one attached hydrogen (secondary N) is 3. The molecule has 0 aliphatic heterocycles. The van der Waals surface area contributed by atoms with Gasteiger partial charge in [0.2, 0.25) is 5.91 Å². The third-order valence-electron chi connectivity index (χ3n) is 6.07. The van der Waals surface area contributed by atoms with Gasteiger partial charge in [0.05, 0.1) is 12.0 Å². The molecule has 0 saturated carbocycles. The van der Waals surface area contributed by atoms with E-state index in [0.29, 0.717) is 18.7 Å². The molecular weight excluding hydrogens is 508 g/mol. The van der Waals surface area contributed by atoms with E-state index >= 15 is 0 Å². The summed E-state index contributed by atoms with van der Waals surface area (Å²) >= 11 is 1.46. The maximum atomic E-state index is 12.1. The molecule has 3 rings (SSSR count). The molecule has 204 valence electrons. The lowest BCUT2D eigenvalue weighted by Gasteiger charge is -2.17. The van der Waals surface area contributed by atoms with E-state index in [4.69, 9.17) is 4.74 Å². The topological polar surface area (TPSA) is 91.8 Å². The molecule has 0 radical (unpaired) electrons. The molecule has 39 heavy (non-hydrogen) atoms. The summed E-state index contributed by atoms with van der Waals surface area (Å²) in [5.74, 6) is 0.680. The van der Waals surface area contributed by atoms with Crippen molar-refractivity contribution in [3.63, 3.8) is 0 Å². The Labute approximate surface area is 235 Å². The molecule has 0 aromatic heterocycles. The number of hydrogen-bond donors (Lipinski definition) is 3. The van der Waals surface area contributed by atoms with Gasteiger partial charge in [0.1, 0.15) is 11.3 Å². The van der Waals surface area contributed by atoms with Gasteiger partial charge in [-0.25, -0.2) is 0 Å². The predicted molar refractivity (Wildman–Crippen MR) is 163 cm³/mol. The van der Waals surface area contributed by atoms with E-state index in [1.165, 1.54) is 11.9 Å². The Balaban J connectivity index is 1.64. The molecule has 0 aliphatic rings. The van der Waals surface area contributed by atoms with Crippen LogP contribution in [0.4, 0.5) is 11.4 Å². The summed E-state index contributed by atoms with van der Waals surface area (Å²) < 4.78 is 8.99. The summed E-state index contributed by atoms with van der Waals surface area (Å²) in [6, 6.07) is 21.9. The molecule has 3 aromatic carbocycles. The number of benzene rings is 3. The number of nitroso groups, excluding NO2 is 1. The number of ether oxygens (including phenoxy) is 1. The van der Waals surface area contributed by atoms with Crippen LogP contribution in [0, 0.1) is 4.91 Å². The van der Waals surface area contributed by atoms with Gasteiger partial charge in [-0.05, 0) is 92.7 Å². The van der Waals surface area contributed by atoms with Crippen molar-refractivity contribution in [3.8, 4) is 16.9 Å².